The van der Waals surface area contributed by atoms with Crippen molar-refractivity contribution in [3.63, 3.8) is 0 Å². The van der Waals surface area contributed by atoms with E-state index < -0.39 is 11.6 Å². The van der Waals surface area contributed by atoms with Gasteiger partial charge in [0.2, 0.25) is 5.91 Å². The van der Waals surface area contributed by atoms with Crippen molar-refractivity contribution in [2.24, 2.45) is 0 Å². The molecule has 3 rings (SSSR count). The monoisotopic (exact) mass is 348 g/mol. The van der Waals surface area contributed by atoms with Gasteiger partial charge in [-0.15, -0.1) is 11.8 Å². The number of nitrogens with one attached hydrogen (secondary N) is 1. The number of anilines is 1. The molecule has 0 atom stereocenters. The fraction of sp³-hybridized carbons (Fsp3) is 0.176. The number of hydrogen-bond acceptors (Lipinski definition) is 3. The summed E-state index contributed by atoms with van der Waals surface area (Å²) >= 11 is 1.41. The van der Waals surface area contributed by atoms with Crippen LogP contribution in [-0.2, 0) is 11.3 Å². The van der Waals surface area contributed by atoms with Crippen molar-refractivity contribution in [1.82, 2.24) is 4.90 Å². The predicted octanol–water partition coefficient (Wildman–Crippen LogP) is 3.28. The van der Waals surface area contributed by atoms with Crippen LogP contribution >= 0.6 is 11.8 Å². The van der Waals surface area contributed by atoms with E-state index in [1.54, 1.807) is 18.2 Å². The number of rotatable bonds is 3. The topological polar surface area (TPSA) is 49.4 Å². The molecule has 4 nitrogen and oxygen atoms in total. The third-order valence-electron chi connectivity index (χ3n) is 3.63. The molecule has 1 aliphatic heterocycles. The molecule has 0 aromatic heterocycles. The number of carbonyl (C=O) groups is 2. The molecule has 0 radical (unpaired) electrons. The normalized spacial score (nSPS) is 13.2. The second kappa shape index (κ2) is 6.60. The van der Waals surface area contributed by atoms with Crippen LogP contribution in [-0.4, -0.2) is 29.5 Å². The van der Waals surface area contributed by atoms with Crippen LogP contribution in [0, 0.1) is 11.6 Å². The van der Waals surface area contributed by atoms with Crippen LogP contribution in [0.5, 0.6) is 0 Å². The molecule has 0 bridgehead atoms. The zero-order chi connectivity index (χ0) is 17.3. The lowest BCUT2D eigenvalue weighted by molar-refractivity contribution is -0.113. The Balaban J connectivity index is 1.78. The van der Waals surface area contributed by atoms with Gasteiger partial charge in [-0.25, -0.2) is 8.78 Å². The molecule has 124 valence electrons. The molecule has 1 aliphatic rings. The van der Waals surface area contributed by atoms with Crippen LogP contribution < -0.4 is 5.32 Å². The quantitative estimate of drug-likeness (QED) is 0.926. The van der Waals surface area contributed by atoms with E-state index in [-0.39, 0.29) is 23.9 Å². The van der Waals surface area contributed by atoms with Crippen molar-refractivity contribution in [1.29, 1.82) is 0 Å². The maximum atomic E-state index is 13.7. The standard InChI is InChI=1S/C17H14F2N2O2S/c1-21(8-11-2-4-12(18)7-13(11)19)17(23)10-3-5-15-14(6-10)20-16(22)9-24-15/h2-7H,8-9H2,1H3,(H,20,22). The van der Waals surface area contributed by atoms with Crippen LogP contribution in [0.1, 0.15) is 15.9 Å². The Labute approximate surface area is 141 Å². The molecule has 2 aromatic rings. The first-order chi connectivity index (χ1) is 11.4. The lowest BCUT2D eigenvalue weighted by Gasteiger charge is -2.20. The van der Waals surface area contributed by atoms with Crippen molar-refractivity contribution in [2.45, 2.75) is 11.4 Å². The third kappa shape index (κ3) is 3.41. The lowest BCUT2D eigenvalue weighted by Crippen LogP contribution is -2.27. The minimum Gasteiger partial charge on any atom is -0.337 e. The molecule has 0 saturated carbocycles. The highest BCUT2D eigenvalue weighted by Gasteiger charge is 2.19. The van der Waals surface area contributed by atoms with Gasteiger partial charge >= 0.3 is 0 Å². The van der Waals surface area contributed by atoms with Crippen LogP contribution in [0.4, 0.5) is 14.5 Å². The first kappa shape index (κ1) is 16.4. The van der Waals surface area contributed by atoms with Gasteiger partial charge in [0.05, 0.1) is 11.4 Å². The predicted molar refractivity (Wildman–Crippen MR) is 88.0 cm³/mol. The number of nitrogens with zero attached hydrogens (tertiary/aromatic N) is 1. The Kier molecular flexibility index (Phi) is 4.53. The fourth-order valence-electron chi connectivity index (χ4n) is 2.41. The Morgan fingerprint density at radius 2 is 2.04 bits per heavy atom. The molecule has 7 heteroatoms. The maximum Gasteiger partial charge on any atom is 0.253 e. The molecule has 0 spiro atoms. The molecule has 2 amide bonds. The Morgan fingerprint density at radius 1 is 1.25 bits per heavy atom. The molecule has 1 heterocycles. The highest BCUT2D eigenvalue weighted by Crippen LogP contribution is 2.32. The van der Waals surface area contributed by atoms with E-state index >= 15 is 0 Å². The first-order valence-electron chi connectivity index (χ1n) is 7.20. The van der Waals surface area contributed by atoms with Gasteiger partial charge in [0.15, 0.2) is 0 Å². The lowest BCUT2D eigenvalue weighted by atomic mass is 10.1. The van der Waals surface area contributed by atoms with E-state index in [0.29, 0.717) is 17.0 Å². The highest BCUT2D eigenvalue weighted by molar-refractivity contribution is 8.00. The molecular formula is C17H14F2N2O2S. The average Bonchev–Trinajstić information content (AvgIpc) is 2.56. The Hall–Kier alpha value is -2.41. The molecule has 0 unspecified atom stereocenters. The Morgan fingerprint density at radius 3 is 2.79 bits per heavy atom. The summed E-state index contributed by atoms with van der Waals surface area (Å²) in [4.78, 5) is 26.2. The minimum absolute atomic E-state index is 0.0170. The summed E-state index contributed by atoms with van der Waals surface area (Å²) in [6.45, 7) is 0.0170. The van der Waals surface area contributed by atoms with Gasteiger partial charge in [-0.05, 0) is 24.3 Å². The van der Waals surface area contributed by atoms with Gasteiger partial charge in [0.25, 0.3) is 5.91 Å². The summed E-state index contributed by atoms with van der Waals surface area (Å²) in [5, 5.41) is 2.73. The zero-order valence-corrected chi connectivity index (χ0v) is 13.6. The second-order valence-electron chi connectivity index (χ2n) is 5.44. The van der Waals surface area contributed by atoms with Gasteiger partial charge in [-0.3, -0.25) is 9.59 Å². The van der Waals surface area contributed by atoms with Crippen LogP contribution in [0.3, 0.4) is 0 Å². The van der Waals surface area contributed by atoms with E-state index in [4.69, 9.17) is 0 Å². The van der Waals surface area contributed by atoms with Crippen molar-refractivity contribution in [3.8, 4) is 0 Å². The van der Waals surface area contributed by atoms with Crippen LogP contribution in [0.25, 0.3) is 0 Å². The molecule has 0 saturated heterocycles. The maximum absolute atomic E-state index is 13.7. The zero-order valence-electron chi connectivity index (χ0n) is 12.8. The number of thioether (sulfide) groups is 1. The highest BCUT2D eigenvalue weighted by atomic mass is 32.2. The number of fused-ring (bicyclic) bond motifs is 1. The van der Waals surface area contributed by atoms with E-state index in [1.165, 1.54) is 29.8 Å². The Bertz CT molecular complexity index is 826. The van der Waals surface area contributed by atoms with E-state index in [2.05, 4.69) is 5.32 Å². The van der Waals surface area contributed by atoms with Crippen molar-refractivity contribution in [3.05, 3.63) is 59.2 Å². The number of hydrogen-bond donors (Lipinski definition) is 1. The number of carbonyl (C=O) groups excluding carboxylic acids is 2. The third-order valence-corrected chi connectivity index (χ3v) is 4.70. The number of benzene rings is 2. The molecule has 24 heavy (non-hydrogen) atoms. The summed E-state index contributed by atoms with van der Waals surface area (Å²) in [7, 11) is 1.54. The van der Waals surface area contributed by atoms with Gasteiger partial charge in [0.1, 0.15) is 11.6 Å². The van der Waals surface area contributed by atoms with Gasteiger partial charge in [-0.1, -0.05) is 6.07 Å². The van der Waals surface area contributed by atoms with Gasteiger partial charge < -0.3 is 10.2 Å². The average molecular weight is 348 g/mol. The molecular weight excluding hydrogens is 334 g/mol. The largest absolute Gasteiger partial charge is 0.337 e. The summed E-state index contributed by atoms with van der Waals surface area (Å²) in [6.07, 6.45) is 0. The second-order valence-corrected chi connectivity index (χ2v) is 6.46. The summed E-state index contributed by atoms with van der Waals surface area (Å²) in [6, 6.07) is 8.32. The molecule has 0 aliphatic carbocycles. The SMILES string of the molecule is CN(Cc1ccc(F)cc1F)C(=O)c1ccc2c(c1)NC(=O)CS2. The smallest absolute Gasteiger partial charge is 0.253 e. The van der Waals surface area contributed by atoms with Crippen LogP contribution in [0.15, 0.2) is 41.3 Å². The van der Waals surface area contributed by atoms with Gasteiger partial charge in [0, 0.05) is 35.7 Å². The fourth-order valence-corrected chi connectivity index (χ4v) is 3.20. The molecule has 2 aromatic carbocycles. The van der Waals surface area contributed by atoms with Crippen LogP contribution in [0.2, 0.25) is 0 Å². The minimum atomic E-state index is -0.691. The van der Waals surface area contributed by atoms with E-state index in [0.717, 1.165) is 17.0 Å². The number of amides is 2. The van der Waals surface area contributed by atoms with Crippen molar-refractivity contribution < 1.29 is 18.4 Å². The van der Waals surface area contributed by atoms with Crippen molar-refractivity contribution in [2.75, 3.05) is 18.1 Å². The van der Waals surface area contributed by atoms with Crippen molar-refractivity contribution >= 4 is 29.3 Å². The summed E-state index contributed by atoms with van der Waals surface area (Å²) in [5.74, 6) is -1.42. The summed E-state index contributed by atoms with van der Waals surface area (Å²) < 4.78 is 26.7. The molecule has 1 N–H and O–H groups in total. The molecule has 0 fully saturated rings. The summed E-state index contributed by atoms with van der Waals surface area (Å²) in [5.41, 5.74) is 1.22. The van der Waals surface area contributed by atoms with E-state index in [1.807, 2.05) is 0 Å². The first-order valence-corrected chi connectivity index (χ1v) is 8.18. The number of halogens is 2. The van der Waals surface area contributed by atoms with E-state index in [9.17, 15) is 18.4 Å². The van der Waals surface area contributed by atoms with Gasteiger partial charge in [-0.2, -0.15) is 0 Å².